The lowest BCUT2D eigenvalue weighted by atomic mass is 9.57. The van der Waals surface area contributed by atoms with Crippen LogP contribution in [0.5, 0.6) is 0 Å². The fraction of sp³-hybridized carbons (Fsp3) is 0.571. The summed E-state index contributed by atoms with van der Waals surface area (Å²) in [5.41, 5.74) is 3.30. The van der Waals surface area contributed by atoms with Gasteiger partial charge in [0.15, 0.2) is 0 Å². The van der Waals surface area contributed by atoms with Gasteiger partial charge in [-0.3, -0.25) is 9.78 Å². The summed E-state index contributed by atoms with van der Waals surface area (Å²) >= 11 is 0. The van der Waals surface area contributed by atoms with Gasteiger partial charge in [0.25, 0.3) is 5.91 Å². The molecule has 0 aromatic carbocycles. The maximum atomic E-state index is 13.4. The predicted octanol–water partition coefficient (Wildman–Crippen LogP) is 2.98. The molecule has 0 radical (unpaired) electrons. The molecule has 1 saturated carbocycles. The SMILES string of the molecule is CC1=C2C=C3[C@@H](O)[C@H](O)[C@@H](N(C)C)C[C@]34CC[C@]2(O4)C2CC=C(C(=O)Nc3cccnc3)[C@@]2(C)C1. The number of aliphatic hydroxyl groups is 2. The van der Waals surface area contributed by atoms with E-state index in [0.29, 0.717) is 12.1 Å². The van der Waals surface area contributed by atoms with Crippen molar-refractivity contribution in [2.45, 2.75) is 75.4 Å². The second-order valence-corrected chi connectivity index (χ2v) is 11.6. The third kappa shape index (κ3) is 3.05. The van der Waals surface area contributed by atoms with Gasteiger partial charge in [0.2, 0.25) is 0 Å². The fourth-order valence-electron chi connectivity index (χ4n) is 7.99. The van der Waals surface area contributed by atoms with E-state index in [1.54, 1.807) is 12.4 Å². The lowest BCUT2D eigenvalue weighted by molar-refractivity contribution is -0.164. The highest BCUT2D eigenvalue weighted by Gasteiger charge is 2.68. The van der Waals surface area contributed by atoms with Crippen molar-refractivity contribution in [1.29, 1.82) is 0 Å². The number of rotatable bonds is 3. The number of hydrogen-bond donors (Lipinski definition) is 3. The first-order chi connectivity index (χ1) is 16.6. The van der Waals surface area contributed by atoms with E-state index in [1.807, 2.05) is 31.1 Å². The number of nitrogens with zero attached hydrogens (tertiary/aromatic N) is 2. The number of ether oxygens (including phenoxy) is 1. The Kier molecular flexibility index (Phi) is 5.01. The van der Waals surface area contributed by atoms with Crippen LogP contribution in [0.3, 0.4) is 0 Å². The maximum Gasteiger partial charge on any atom is 0.251 e. The molecule has 2 spiro atoms. The Hall–Kier alpha value is -2.32. The number of fused-ring (bicyclic) bond motifs is 1. The zero-order valence-electron chi connectivity index (χ0n) is 20.9. The number of carbonyl (C=O) groups excluding carboxylic acids is 1. The molecular formula is C28H35N3O4. The Morgan fingerprint density at radius 1 is 1.29 bits per heavy atom. The van der Waals surface area contributed by atoms with E-state index in [1.165, 1.54) is 5.57 Å². The molecule has 1 aromatic heterocycles. The topological polar surface area (TPSA) is 94.9 Å². The van der Waals surface area contributed by atoms with Gasteiger partial charge in [0.05, 0.1) is 29.2 Å². The average molecular weight is 478 g/mol. The minimum atomic E-state index is -0.941. The number of pyridine rings is 1. The van der Waals surface area contributed by atoms with Crippen LogP contribution in [-0.4, -0.2) is 69.6 Å². The smallest absolute Gasteiger partial charge is 0.251 e. The fourth-order valence-corrected chi connectivity index (χ4v) is 7.99. The highest BCUT2D eigenvalue weighted by molar-refractivity contribution is 6.05. The summed E-state index contributed by atoms with van der Waals surface area (Å²) < 4.78 is 7.18. The molecule has 3 heterocycles. The van der Waals surface area contributed by atoms with Crippen LogP contribution in [0.15, 0.2) is 59.0 Å². The number of hydrogen-bond acceptors (Lipinski definition) is 6. The van der Waals surface area contributed by atoms with Crippen molar-refractivity contribution in [2.24, 2.45) is 11.3 Å². The van der Waals surface area contributed by atoms with Crippen LogP contribution in [0.1, 0.15) is 46.0 Å². The number of likely N-dealkylation sites (N-methyl/N-ethyl adjacent to an activating group) is 1. The largest absolute Gasteiger partial charge is 0.388 e. The molecule has 7 nitrogen and oxygen atoms in total. The first-order valence-corrected chi connectivity index (χ1v) is 12.7. The van der Waals surface area contributed by atoms with E-state index >= 15 is 0 Å². The third-order valence-corrected chi connectivity index (χ3v) is 9.56. The van der Waals surface area contributed by atoms with Crippen molar-refractivity contribution >= 4 is 11.6 Å². The van der Waals surface area contributed by atoms with Crippen LogP contribution in [0.25, 0.3) is 0 Å². The van der Waals surface area contributed by atoms with Gasteiger partial charge in [-0.05, 0) is 76.4 Å². The van der Waals surface area contributed by atoms with Crippen LogP contribution >= 0.6 is 0 Å². The Morgan fingerprint density at radius 2 is 2.09 bits per heavy atom. The molecule has 3 N–H and O–H groups in total. The molecule has 1 amide bonds. The molecule has 2 aliphatic heterocycles. The molecule has 2 bridgehead atoms. The Bertz CT molecular complexity index is 1170. The Balaban J connectivity index is 1.38. The van der Waals surface area contributed by atoms with Crippen molar-refractivity contribution in [2.75, 3.05) is 19.4 Å². The number of allylic oxidation sites excluding steroid dienone is 2. The quantitative estimate of drug-likeness (QED) is 0.620. The third-order valence-electron chi connectivity index (χ3n) is 9.56. The number of anilines is 1. The second kappa shape index (κ2) is 7.59. The van der Waals surface area contributed by atoms with Crippen LogP contribution in [-0.2, 0) is 9.53 Å². The van der Waals surface area contributed by atoms with Gasteiger partial charge in [0.1, 0.15) is 6.10 Å². The number of aliphatic hydroxyl groups excluding tert-OH is 2. The average Bonchev–Trinajstić information content (AvgIpc) is 3.32. The number of amides is 1. The lowest BCUT2D eigenvalue weighted by Gasteiger charge is -2.56. The zero-order chi connectivity index (χ0) is 24.8. The molecule has 2 fully saturated rings. The maximum absolute atomic E-state index is 13.4. The van der Waals surface area contributed by atoms with Gasteiger partial charge in [0, 0.05) is 29.1 Å². The minimum absolute atomic E-state index is 0.0701. The number of carbonyl (C=O) groups is 1. The van der Waals surface area contributed by atoms with Gasteiger partial charge in [-0.2, -0.15) is 0 Å². The van der Waals surface area contributed by atoms with E-state index in [-0.39, 0.29) is 23.3 Å². The summed E-state index contributed by atoms with van der Waals surface area (Å²) in [5.74, 6) is 0.0709. The Morgan fingerprint density at radius 3 is 2.80 bits per heavy atom. The van der Waals surface area contributed by atoms with Crippen molar-refractivity contribution in [3.8, 4) is 0 Å². The van der Waals surface area contributed by atoms with Crippen LogP contribution in [0.4, 0.5) is 5.69 Å². The normalized spacial score (nSPS) is 41.7. The zero-order valence-corrected chi connectivity index (χ0v) is 20.9. The van der Waals surface area contributed by atoms with E-state index in [2.05, 4.69) is 36.3 Å². The van der Waals surface area contributed by atoms with Crippen molar-refractivity contribution in [1.82, 2.24) is 9.88 Å². The highest BCUT2D eigenvalue weighted by atomic mass is 16.5. The van der Waals surface area contributed by atoms with Crippen molar-refractivity contribution in [3.63, 3.8) is 0 Å². The summed E-state index contributed by atoms with van der Waals surface area (Å²) in [6.07, 6.45) is 9.70. The summed E-state index contributed by atoms with van der Waals surface area (Å²) in [5, 5.41) is 25.1. The van der Waals surface area contributed by atoms with Gasteiger partial charge in [-0.1, -0.05) is 24.6 Å². The molecule has 1 aromatic rings. The molecular weight excluding hydrogens is 442 g/mol. The predicted molar refractivity (Wildman–Crippen MR) is 132 cm³/mol. The van der Waals surface area contributed by atoms with Crippen LogP contribution in [0, 0.1) is 11.3 Å². The molecule has 3 aliphatic carbocycles. The number of nitrogens with one attached hydrogen (secondary N) is 1. The van der Waals surface area contributed by atoms with E-state index in [4.69, 9.17) is 4.74 Å². The van der Waals surface area contributed by atoms with E-state index < -0.39 is 23.4 Å². The minimum Gasteiger partial charge on any atom is -0.388 e. The van der Waals surface area contributed by atoms with Crippen molar-refractivity contribution < 1.29 is 19.7 Å². The summed E-state index contributed by atoms with van der Waals surface area (Å²) in [4.78, 5) is 19.5. The van der Waals surface area contributed by atoms with Crippen molar-refractivity contribution in [3.05, 3.63) is 59.0 Å². The molecule has 5 aliphatic rings. The molecule has 186 valence electrons. The molecule has 7 atom stereocenters. The second-order valence-electron chi connectivity index (χ2n) is 11.6. The summed E-state index contributed by atoms with van der Waals surface area (Å²) in [7, 11) is 3.89. The van der Waals surface area contributed by atoms with Gasteiger partial charge >= 0.3 is 0 Å². The monoisotopic (exact) mass is 477 g/mol. The first-order valence-electron chi connectivity index (χ1n) is 12.7. The van der Waals surface area contributed by atoms with E-state index in [0.717, 1.165) is 42.4 Å². The summed E-state index contributed by atoms with van der Waals surface area (Å²) in [6, 6.07) is 3.49. The van der Waals surface area contributed by atoms with Gasteiger partial charge < -0.3 is 25.2 Å². The summed E-state index contributed by atoms with van der Waals surface area (Å²) in [6.45, 7) is 4.34. The molecule has 1 unspecified atom stereocenters. The van der Waals surface area contributed by atoms with E-state index in [9.17, 15) is 15.0 Å². The molecule has 7 heteroatoms. The number of aromatic nitrogens is 1. The lowest BCUT2D eigenvalue weighted by Crippen LogP contribution is -2.62. The first kappa shape index (κ1) is 23.1. The molecule has 6 rings (SSSR count). The van der Waals surface area contributed by atoms with Crippen LogP contribution in [0.2, 0.25) is 0 Å². The van der Waals surface area contributed by atoms with Crippen LogP contribution < -0.4 is 5.32 Å². The highest BCUT2D eigenvalue weighted by Crippen LogP contribution is 2.67. The Labute approximate surface area is 206 Å². The standard InChI is InChI=1S/C28H35N3O4/c1-16-13-26(2)18(25(34)30-17-6-5-11-29-15-17)7-8-22(26)28-10-9-27(35-28)14-21(31(3)4)24(33)23(32)20(27)12-19(16)28/h5-7,11-12,15,21-24,32-33H,8-10,13-14H2,1-4H3,(H,30,34)/t21-,22?,23+,24+,26+,27+,28+/m0/s1. The molecule has 35 heavy (non-hydrogen) atoms. The van der Waals surface area contributed by atoms with Gasteiger partial charge in [-0.25, -0.2) is 0 Å². The van der Waals surface area contributed by atoms with Gasteiger partial charge in [-0.15, -0.1) is 0 Å². The molecule has 1 saturated heterocycles.